The van der Waals surface area contributed by atoms with Gasteiger partial charge in [-0.05, 0) is 52.1 Å². The molecule has 2 N–H and O–H groups in total. The molecule has 0 aromatic rings. The summed E-state index contributed by atoms with van der Waals surface area (Å²) >= 11 is 0. The zero-order valence-electron chi connectivity index (χ0n) is 17.6. The fourth-order valence-electron chi connectivity index (χ4n) is 4.69. The molecule has 6 nitrogen and oxygen atoms in total. The van der Waals surface area contributed by atoms with Gasteiger partial charge in [-0.1, -0.05) is 25.7 Å². The van der Waals surface area contributed by atoms with E-state index in [1.165, 1.54) is 51.6 Å². The molecule has 3 rings (SSSR count). The first-order valence-electron chi connectivity index (χ1n) is 11.3. The molecule has 1 atom stereocenters. The predicted octanol–water partition coefficient (Wildman–Crippen LogP) is 2.83. The molecular formula is C21H40IN5O. The third-order valence-corrected chi connectivity index (χ3v) is 6.27. The van der Waals surface area contributed by atoms with E-state index in [9.17, 15) is 4.79 Å². The second-order valence-electron chi connectivity index (χ2n) is 8.41. The van der Waals surface area contributed by atoms with Gasteiger partial charge in [-0.25, -0.2) is 0 Å². The smallest absolute Gasteiger partial charge is 0.225 e. The van der Waals surface area contributed by atoms with Crippen LogP contribution in [0.5, 0.6) is 0 Å². The predicted molar refractivity (Wildman–Crippen MR) is 126 cm³/mol. The van der Waals surface area contributed by atoms with E-state index in [1.54, 1.807) is 0 Å². The van der Waals surface area contributed by atoms with Crippen molar-refractivity contribution >= 4 is 35.8 Å². The molecular weight excluding hydrogens is 465 g/mol. The van der Waals surface area contributed by atoms with Crippen molar-refractivity contribution in [1.29, 1.82) is 0 Å². The van der Waals surface area contributed by atoms with Gasteiger partial charge in [0.05, 0.1) is 6.54 Å². The lowest BCUT2D eigenvalue weighted by Crippen LogP contribution is -2.45. The molecule has 1 aliphatic carbocycles. The maximum atomic E-state index is 12.6. The lowest BCUT2D eigenvalue weighted by Gasteiger charge is -2.22. The van der Waals surface area contributed by atoms with Gasteiger partial charge < -0.3 is 20.4 Å². The highest BCUT2D eigenvalue weighted by molar-refractivity contribution is 14.0. The van der Waals surface area contributed by atoms with Crippen molar-refractivity contribution in [2.24, 2.45) is 10.9 Å². The van der Waals surface area contributed by atoms with E-state index in [4.69, 9.17) is 4.99 Å². The molecule has 3 aliphatic rings. The number of hydrogen-bond acceptors (Lipinski definition) is 3. The first-order valence-corrected chi connectivity index (χ1v) is 11.3. The molecule has 162 valence electrons. The Labute approximate surface area is 188 Å². The van der Waals surface area contributed by atoms with Crippen LogP contribution in [0.4, 0.5) is 0 Å². The van der Waals surface area contributed by atoms with Crippen LogP contribution in [0.2, 0.25) is 0 Å². The van der Waals surface area contributed by atoms with E-state index in [1.807, 2.05) is 0 Å². The quantitative estimate of drug-likeness (QED) is 0.331. The summed E-state index contributed by atoms with van der Waals surface area (Å²) in [4.78, 5) is 22.1. The van der Waals surface area contributed by atoms with E-state index in [0.717, 1.165) is 57.9 Å². The van der Waals surface area contributed by atoms with E-state index >= 15 is 0 Å². The molecule has 2 aliphatic heterocycles. The van der Waals surface area contributed by atoms with Crippen LogP contribution in [0.1, 0.15) is 64.7 Å². The topological polar surface area (TPSA) is 60.0 Å². The average molecular weight is 505 g/mol. The molecule has 2 saturated heterocycles. The largest absolute Gasteiger partial charge is 0.357 e. The highest BCUT2D eigenvalue weighted by Crippen LogP contribution is 2.27. The lowest BCUT2D eigenvalue weighted by molar-refractivity contribution is -0.134. The Morgan fingerprint density at radius 3 is 2.39 bits per heavy atom. The molecule has 0 radical (unpaired) electrons. The monoisotopic (exact) mass is 505 g/mol. The van der Waals surface area contributed by atoms with Crippen LogP contribution in [0.3, 0.4) is 0 Å². The molecule has 28 heavy (non-hydrogen) atoms. The van der Waals surface area contributed by atoms with Gasteiger partial charge >= 0.3 is 0 Å². The van der Waals surface area contributed by atoms with Crippen LogP contribution >= 0.6 is 24.0 Å². The van der Waals surface area contributed by atoms with E-state index in [-0.39, 0.29) is 24.0 Å². The van der Waals surface area contributed by atoms with E-state index in [2.05, 4.69) is 27.4 Å². The first-order chi connectivity index (χ1) is 13.3. The van der Waals surface area contributed by atoms with Crippen molar-refractivity contribution in [3.8, 4) is 0 Å². The third-order valence-electron chi connectivity index (χ3n) is 6.27. The summed E-state index contributed by atoms with van der Waals surface area (Å²) in [5, 5.41) is 6.94. The molecule has 1 saturated carbocycles. The number of likely N-dealkylation sites (tertiary alicyclic amines) is 2. The zero-order chi connectivity index (χ0) is 18.9. The molecule has 0 bridgehead atoms. The maximum absolute atomic E-state index is 12.6. The number of halogens is 1. The molecule has 2 heterocycles. The van der Waals surface area contributed by atoms with Gasteiger partial charge in [-0.2, -0.15) is 0 Å². The van der Waals surface area contributed by atoms with Crippen molar-refractivity contribution in [2.75, 3.05) is 45.8 Å². The SMILES string of the molecule is CCNC(=NCCN1CCCCCC1)NC1CCN(C(=O)C2CCCC2)C1.I. The molecule has 3 fully saturated rings. The molecule has 1 unspecified atom stereocenters. The minimum Gasteiger partial charge on any atom is -0.357 e. The van der Waals surface area contributed by atoms with Gasteiger partial charge in [-0.15, -0.1) is 24.0 Å². The summed E-state index contributed by atoms with van der Waals surface area (Å²) in [5.74, 6) is 1.59. The van der Waals surface area contributed by atoms with Crippen LogP contribution < -0.4 is 10.6 Å². The molecule has 0 spiro atoms. The minimum atomic E-state index is 0. The second kappa shape index (κ2) is 12.9. The van der Waals surface area contributed by atoms with Gasteiger partial charge in [0.1, 0.15) is 0 Å². The summed E-state index contributed by atoms with van der Waals surface area (Å²) in [7, 11) is 0. The van der Waals surface area contributed by atoms with Crippen molar-refractivity contribution in [3.63, 3.8) is 0 Å². The summed E-state index contributed by atoms with van der Waals surface area (Å²) in [5.41, 5.74) is 0. The van der Waals surface area contributed by atoms with Crippen molar-refractivity contribution in [3.05, 3.63) is 0 Å². The molecule has 1 amide bonds. The van der Waals surface area contributed by atoms with Gasteiger partial charge in [0.2, 0.25) is 5.91 Å². The van der Waals surface area contributed by atoms with Crippen LogP contribution in [-0.2, 0) is 4.79 Å². The number of carbonyl (C=O) groups excluding carboxylic acids is 1. The third kappa shape index (κ3) is 7.35. The summed E-state index contributed by atoms with van der Waals surface area (Å²) in [6.45, 7) is 9.02. The number of rotatable bonds is 6. The van der Waals surface area contributed by atoms with Crippen molar-refractivity contribution < 1.29 is 4.79 Å². The van der Waals surface area contributed by atoms with Crippen LogP contribution in [0.25, 0.3) is 0 Å². The average Bonchev–Trinajstić information content (AvgIpc) is 3.30. The van der Waals surface area contributed by atoms with Crippen LogP contribution in [0, 0.1) is 5.92 Å². The molecule has 0 aromatic heterocycles. The van der Waals surface area contributed by atoms with Crippen molar-refractivity contribution in [1.82, 2.24) is 20.4 Å². The van der Waals surface area contributed by atoms with Crippen LogP contribution in [-0.4, -0.2) is 73.5 Å². The number of hydrogen-bond donors (Lipinski definition) is 2. The first kappa shape index (κ1) is 23.7. The summed E-state index contributed by atoms with van der Waals surface area (Å²) in [6.07, 6.45) is 11.1. The zero-order valence-corrected chi connectivity index (χ0v) is 20.0. The highest BCUT2D eigenvalue weighted by Gasteiger charge is 2.32. The fourth-order valence-corrected chi connectivity index (χ4v) is 4.69. The Morgan fingerprint density at radius 2 is 1.71 bits per heavy atom. The lowest BCUT2D eigenvalue weighted by atomic mass is 10.1. The van der Waals surface area contributed by atoms with E-state index < -0.39 is 0 Å². The number of guanidine groups is 1. The maximum Gasteiger partial charge on any atom is 0.225 e. The Bertz CT molecular complexity index is 487. The fraction of sp³-hybridized carbons (Fsp3) is 0.905. The Balaban J connectivity index is 0.00000280. The van der Waals surface area contributed by atoms with Gasteiger partial charge in [0.25, 0.3) is 0 Å². The number of aliphatic imine (C=N–C) groups is 1. The highest BCUT2D eigenvalue weighted by atomic mass is 127. The normalized spacial score (nSPS) is 24.7. The van der Waals surface area contributed by atoms with Crippen LogP contribution in [0.15, 0.2) is 4.99 Å². The Hall–Kier alpha value is -0.570. The number of nitrogens with zero attached hydrogens (tertiary/aromatic N) is 3. The number of nitrogens with one attached hydrogen (secondary N) is 2. The van der Waals surface area contributed by atoms with E-state index in [0.29, 0.717) is 17.9 Å². The van der Waals surface area contributed by atoms with Crippen molar-refractivity contribution in [2.45, 2.75) is 70.8 Å². The van der Waals surface area contributed by atoms with Gasteiger partial charge in [0.15, 0.2) is 5.96 Å². The summed E-state index contributed by atoms with van der Waals surface area (Å²) in [6, 6.07) is 0.325. The number of amides is 1. The van der Waals surface area contributed by atoms with Gasteiger partial charge in [-0.3, -0.25) is 9.79 Å². The summed E-state index contributed by atoms with van der Waals surface area (Å²) < 4.78 is 0. The Morgan fingerprint density at radius 1 is 1.00 bits per heavy atom. The molecule has 7 heteroatoms. The van der Waals surface area contributed by atoms with Gasteiger partial charge in [0, 0.05) is 38.1 Å². The standard InChI is InChI=1S/C21H39N5O.HI/c1-2-22-21(23-12-16-25-13-7-3-4-8-14-25)24-19-11-15-26(17-19)20(27)18-9-5-6-10-18;/h18-19H,2-17H2,1H3,(H2,22,23,24);1H. The molecule has 0 aromatic carbocycles. The minimum absolute atomic E-state index is 0. The number of carbonyl (C=O) groups is 1. The second-order valence-corrected chi connectivity index (χ2v) is 8.41. The Kier molecular flexibility index (Phi) is 10.9.